The third kappa shape index (κ3) is 4.40. The van der Waals surface area contributed by atoms with Gasteiger partial charge in [-0.05, 0) is 31.4 Å². The van der Waals surface area contributed by atoms with E-state index in [2.05, 4.69) is 0 Å². The van der Waals surface area contributed by atoms with Crippen molar-refractivity contribution >= 4 is 0 Å². The Labute approximate surface area is 114 Å². The van der Waals surface area contributed by atoms with Crippen LogP contribution in [0.2, 0.25) is 0 Å². The monoisotopic (exact) mass is 266 g/mol. The average Bonchev–Trinajstić information content (AvgIpc) is 2.46. The first-order valence-electron chi connectivity index (χ1n) is 7.07. The lowest BCUT2D eigenvalue weighted by Gasteiger charge is -2.25. The van der Waals surface area contributed by atoms with Crippen LogP contribution in [-0.4, -0.2) is 44.6 Å². The molecule has 1 aromatic carbocycles. The van der Waals surface area contributed by atoms with Gasteiger partial charge in [0.15, 0.2) is 11.5 Å². The predicted octanol–water partition coefficient (Wildman–Crippen LogP) is 0.504. The molecule has 1 saturated heterocycles. The number of nitrogens with one attached hydrogen (secondary N) is 1. The van der Waals surface area contributed by atoms with Crippen LogP contribution in [0.5, 0.6) is 11.5 Å². The van der Waals surface area contributed by atoms with Gasteiger partial charge in [-0.3, -0.25) is 0 Å². The molecule has 1 aromatic rings. The molecule has 0 saturated carbocycles. The lowest BCUT2D eigenvalue weighted by Crippen LogP contribution is -3.14. The number of aliphatic hydroxyl groups is 1. The van der Waals surface area contributed by atoms with E-state index in [1.165, 1.54) is 37.3 Å². The van der Waals surface area contributed by atoms with Crippen LogP contribution in [-0.2, 0) is 0 Å². The van der Waals surface area contributed by atoms with E-state index < -0.39 is 6.10 Å². The minimum absolute atomic E-state index is 0.323. The molecule has 0 aromatic heterocycles. The highest BCUT2D eigenvalue weighted by Crippen LogP contribution is 2.25. The zero-order chi connectivity index (χ0) is 13.5. The Morgan fingerprint density at radius 2 is 1.84 bits per heavy atom. The highest BCUT2D eigenvalue weighted by Gasteiger charge is 2.18. The van der Waals surface area contributed by atoms with Crippen LogP contribution in [0.3, 0.4) is 0 Å². The lowest BCUT2D eigenvalue weighted by molar-refractivity contribution is -0.908. The summed E-state index contributed by atoms with van der Waals surface area (Å²) in [5, 5.41) is 10.0. The number of piperidine rings is 1. The third-order valence-electron chi connectivity index (χ3n) is 3.59. The van der Waals surface area contributed by atoms with Crippen molar-refractivity contribution < 1.29 is 19.5 Å². The zero-order valence-corrected chi connectivity index (χ0v) is 11.6. The summed E-state index contributed by atoms with van der Waals surface area (Å²) in [4.78, 5) is 1.49. The van der Waals surface area contributed by atoms with Crippen molar-refractivity contribution in [3.8, 4) is 11.5 Å². The second kappa shape index (κ2) is 7.36. The number of rotatable bonds is 6. The molecule has 2 rings (SSSR count). The molecule has 19 heavy (non-hydrogen) atoms. The molecule has 0 bridgehead atoms. The van der Waals surface area contributed by atoms with E-state index in [0.29, 0.717) is 18.1 Å². The Bertz CT molecular complexity index is 377. The summed E-state index contributed by atoms with van der Waals surface area (Å²) in [5.74, 6) is 1.40. The molecule has 0 spiro atoms. The van der Waals surface area contributed by atoms with Crippen molar-refractivity contribution in [3.05, 3.63) is 24.3 Å². The molecule has 1 fully saturated rings. The largest absolute Gasteiger partial charge is 0.493 e. The maximum absolute atomic E-state index is 10.0. The normalized spacial score (nSPS) is 18.0. The first-order valence-corrected chi connectivity index (χ1v) is 7.07. The van der Waals surface area contributed by atoms with Crippen LogP contribution in [0.4, 0.5) is 0 Å². The number of aliphatic hydroxyl groups excluding tert-OH is 1. The van der Waals surface area contributed by atoms with E-state index in [1.54, 1.807) is 7.11 Å². The van der Waals surface area contributed by atoms with Gasteiger partial charge in [-0.25, -0.2) is 0 Å². The van der Waals surface area contributed by atoms with Gasteiger partial charge in [-0.15, -0.1) is 0 Å². The number of para-hydroxylation sites is 2. The summed E-state index contributed by atoms with van der Waals surface area (Å²) in [5.41, 5.74) is 0. The zero-order valence-electron chi connectivity index (χ0n) is 11.6. The van der Waals surface area contributed by atoms with Gasteiger partial charge in [0, 0.05) is 0 Å². The predicted molar refractivity (Wildman–Crippen MR) is 73.9 cm³/mol. The van der Waals surface area contributed by atoms with Gasteiger partial charge in [0.2, 0.25) is 0 Å². The molecule has 0 amide bonds. The molecule has 1 aliphatic heterocycles. The lowest BCUT2D eigenvalue weighted by atomic mass is 10.1. The Morgan fingerprint density at radius 3 is 2.53 bits per heavy atom. The second-order valence-electron chi connectivity index (χ2n) is 5.13. The molecule has 4 heteroatoms. The molecule has 0 aliphatic carbocycles. The number of likely N-dealkylation sites (tertiary alicyclic amines) is 1. The molecule has 1 aliphatic rings. The van der Waals surface area contributed by atoms with Gasteiger partial charge in [-0.2, -0.15) is 0 Å². The minimum Gasteiger partial charge on any atom is -0.493 e. The van der Waals surface area contributed by atoms with Crippen molar-refractivity contribution in [2.75, 3.05) is 33.4 Å². The topological polar surface area (TPSA) is 43.1 Å². The maximum atomic E-state index is 10.0. The number of hydrogen-bond donors (Lipinski definition) is 2. The number of ether oxygens (including phenoxy) is 2. The van der Waals surface area contributed by atoms with E-state index in [0.717, 1.165) is 6.54 Å². The fourth-order valence-electron chi connectivity index (χ4n) is 2.57. The minimum atomic E-state index is -0.419. The highest BCUT2D eigenvalue weighted by atomic mass is 16.5. The standard InChI is InChI=1S/C15H23NO3/c1-18-14-7-3-4-8-15(14)19-12-13(17)11-16-9-5-2-6-10-16/h3-4,7-8,13,17H,2,5-6,9-12H2,1H3/p+1/t13-/m1/s1. The molecule has 1 heterocycles. The summed E-state index contributed by atoms with van der Waals surface area (Å²) in [6, 6.07) is 7.52. The second-order valence-corrected chi connectivity index (χ2v) is 5.13. The van der Waals surface area contributed by atoms with Crippen molar-refractivity contribution in [3.63, 3.8) is 0 Å². The summed E-state index contributed by atoms with van der Waals surface area (Å²) < 4.78 is 10.9. The fraction of sp³-hybridized carbons (Fsp3) is 0.600. The van der Waals surface area contributed by atoms with E-state index in [-0.39, 0.29) is 0 Å². The number of hydrogen-bond acceptors (Lipinski definition) is 3. The van der Waals surface area contributed by atoms with Gasteiger partial charge in [0.1, 0.15) is 19.3 Å². The number of quaternary nitrogens is 1. The van der Waals surface area contributed by atoms with Gasteiger partial charge in [-0.1, -0.05) is 12.1 Å². The molecule has 2 N–H and O–H groups in total. The summed E-state index contributed by atoms with van der Waals surface area (Å²) in [6.07, 6.45) is 3.46. The highest BCUT2D eigenvalue weighted by molar-refractivity contribution is 5.39. The van der Waals surface area contributed by atoms with Crippen LogP contribution in [0, 0.1) is 0 Å². The first kappa shape index (κ1) is 14.2. The summed E-state index contributed by atoms with van der Waals surface area (Å²) in [6.45, 7) is 3.44. The SMILES string of the molecule is COc1ccccc1OC[C@H](O)C[NH+]1CCCCC1. The third-order valence-corrected chi connectivity index (χ3v) is 3.59. The van der Waals surface area contributed by atoms with Gasteiger partial charge in [0.25, 0.3) is 0 Å². The van der Waals surface area contributed by atoms with Gasteiger partial charge in [0.05, 0.1) is 20.2 Å². The van der Waals surface area contributed by atoms with Crippen LogP contribution in [0.15, 0.2) is 24.3 Å². The Morgan fingerprint density at radius 1 is 1.16 bits per heavy atom. The Kier molecular flexibility index (Phi) is 5.48. The van der Waals surface area contributed by atoms with Crippen LogP contribution in [0.1, 0.15) is 19.3 Å². The van der Waals surface area contributed by atoms with E-state index in [4.69, 9.17) is 9.47 Å². The van der Waals surface area contributed by atoms with Crippen molar-refractivity contribution in [2.24, 2.45) is 0 Å². The van der Waals surface area contributed by atoms with Gasteiger partial charge >= 0.3 is 0 Å². The Hall–Kier alpha value is -1.26. The molecule has 106 valence electrons. The molecule has 1 atom stereocenters. The molecular formula is C15H24NO3+. The average molecular weight is 266 g/mol. The fourth-order valence-corrected chi connectivity index (χ4v) is 2.57. The number of benzene rings is 1. The molecular weight excluding hydrogens is 242 g/mol. The van der Waals surface area contributed by atoms with Crippen molar-refractivity contribution in [2.45, 2.75) is 25.4 Å². The quantitative estimate of drug-likeness (QED) is 0.788. The van der Waals surface area contributed by atoms with Crippen LogP contribution in [0.25, 0.3) is 0 Å². The first-order chi connectivity index (χ1) is 9.29. The van der Waals surface area contributed by atoms with E-state index in [1.807, 2.05) is 24.3 Å². The summed E-state index contributed by atoms with van der Waals surface area (Å²) in [7, 11) is 1.62. The van der Waals surface area contributed by atoms with Gasteiger partial charge < -0.3 is 19.5 Å². The van der Waals surface area contributed by atoms with Crippen molar-refractivity contribution in [1.82, 2.24) is 0 Å². The van der Waals surface area contributed by atoms with Crippen molar-refractivity contribution in [1.29, 1.82) is 0 Å². The summed E-state index contributed by atoms with van der Waals surface area (Å²) >= 11 is 0. The van der Waals surface area contributed by atoms with Crippen LogP contribution >= 0.6 is 0 Å². The molecule has 4 nitrogen and oxygen atoms in total. The van der Waals surface area contributed by atoms with E-state index in [9.17, 15) is 5.11 Å². The maximum Gasteiger partial charge on any atom is 0.161 e. The smallest absolute Gasteiger partial charge is 0.161 e. The Balaban J connectivity index is 1.77. The van der Waals surface area contributed by atoms with E-state index >= 15 is 0 Å². The molecule has 0 radical (unpaired) electrons. The number of methoxy groups -OCH3 is 1. The van der Waals surface area contributed by atoms with Crippen LogP contribution < -0.4 is 14.4 Å². The molecule has 0 unspecified atom stereocenters.